The lowest BCUT2D eigenvalue weighted by atomic mass is 9.79. The molecule has 4 aromatic carbocycles. The maximum Gasteiger partial charge on any atom is 0.0352 e. The molecule has 0 bridgehead atoms. The van der Waals surface area contributed by atoms with Crippen LogP contribution in [0.5, 0.6) is 0 Å². The molecule has 5 rings (SSSR count). The van der Waals surface area contributed by atoms with Crippen molar-refractivity contribution in [2.45, 2.75) is 38.6 Å². The number of hydrogen-bond donors (Lipinski definition) is 1. The molecule has 0 atom stereocenters. The molecule has 0 saturated carbocycles. The summed E-state index contributed by atoms with van der Waals surface area (Å²) in [6.07, 6.45) is 0. The van der Waals surface area contributed by atoms with Crippen molar-refractivity contribution in [3.05, 3.63) is 95.6 Å². The summed E-state index contributed by atoms with van der Waals surface area (Å²) in [5.41, 5.74) is 15.3. The highest BCUT2D eigenvalue weighted by molar-refractivity contribution is 6.08. The summed E-state index contributed by atoms with van der Waals surface area (Å²) in [6.45, 7) is 8.84. The van der Waals surface area contributed by atoms with Crippen molar-refractivity contribution < 1.29 is 0 Å². The van der Waals surface area contributed by atoms with Gasteiger partial charge >= 0.3 is 0 Å². The number of fused-ring (bicyclic) bond motifs is 5. The van der Waals surface area contributed by atoms with E-state index in [-0.39, 0.29) is 11.0 Å². The minimum Gasteiger partial charge on any atom is -0.322 e. The molecule has 1 aliphatic carbocycles. The molecule has 4 aromatic rings. The number of benzene rings is 4. The van der Waals surface area contributed by atoms with Crippen molar-refractivity contribution in [1.82, 2.24) is 0 Å². The summed E-state index contributed by atoms with van der Waals surface area (Å²) in [7, 11) is 0. The van der Waals surface area contributed by atoms with Crippen molar-refractivity contribution >= 4 is 10.8 Å². The van der Waals surface area contributed by atoms with Gasteiger partial charge in [0.05, 0.1) is 0 Å². The van der Waals surface area contributed by atoms with Crippen molar-refractivity contribution in [2.75, 3.05) is 0 Å². The quantitative estimate of drug-likeness (QED) is 0.399. The largest absolute Gasteiger partial charge is 0.322 e. The van der Waals surface area contributed by atoms with Crippen molar-refractivity contribution in [1.29, 1.82) is 0 Å². The van der Waals surface area contributed by atoms with E-state index in [1.165, 1.54) is 49.7 Å². The third kappa shape index (κ3) is 2.65. The Morgan fingerprint density at radius 3 is 2.03 bits per heavy atom. The SMILES string of the molecule is CC(C)(N)c1ccc2c(c1)C(C)(C)c1cc(-c3ccccc3)c3ccccc3c1-2. The first-order valence-corrected chi connectivity index (χ1v) is 10.3. The van der Waals surface area contributed by atoms with Crippen molar-refractivity contribution in [3.63, 3.8) is 0 Å². The van der Waals surface area contributed by atoms with Gasteiger partial charge in [-0.05, 0) is 69.6 Å². The summed E-state index contributed by atoms with van der Waals surface area (Å²) < 4.78 is 0. The Kier molecular flexibility index (Phi) is 3.78. The summed E-state index contributed by atoms with van der Waals surface area (Å²) in [6, 6.07) is 28.8. The van der Waals surface area contributed by atoms with Gasteiger partial charge in [0.15, 0.2) is 0 Å². The lowest BCUT2D eigenvalue weighted by Gasteiger charge is -2.25. The Morgan fingerprint density at radius 2 is 1.34 bits per heavy atom. The number of rotatable bonds is 2. The first-order valence-electron chi connectivity index (χ1n) is 10.3. The van der Waals surface area contributed by atoms with Crippen LogP contribution in [0.25, 0.3) is 33.0 Å². The molecule has 0 spiro atoms. The van der Waals surface area contributed by atoms with Gasteiger partial charge in [-0.1, -0.05) is 86.6 Å². The summed E-state index contributed by atoms with van der Waals surface area (Å²) in [5.74, 6) is 0. The Morgan fingerprint density at radius 1 is 0.690 bits per heavy atom. The van der Waals surface area contributed by atoms with Crippen LogP contribution in [-0.2, 0) is 11.0 Å². The van der Waals surface area contributed by atoms with Crippen LogP contribution < -0.4 is 5.73 Å². The van der Waals surface area contributed by atoms with E-state index < -0.39 is 0 Å². The van der Waals surface area contributed by atoms with Gasteiger partial charge in [0, 0.05) is 11.0 Å². The van der Waals surface area contributed by atoms with Crippen LogP contribution in [0, 0.1) is 0 Å². The topological polar surface area (TPSA) is 26.0 Å². The van der Waals surface area contributed by atoms with Crippen LogP contribution in [0.2, 0.25) is 0 Å². The van der Waals surface area contributed by atoms with Gasteiger partial charge in [-0.2, -0.15) is 0 Å². The van der Waals surface area contributed by atoms with Crippen LogP contribution in [0.15, 0.2) is 78.9 Å². The van der Waals surface area contributed by atoms with E-state index in [1.807, 2.05) is 0 Å². The van der Waals surface area contributed by atoms with Gasteiger partial charge in [0.1, 0.15) is 0 Å². The smallest absolute Gasteiger partial charge is 0.0352 e. The van der Waals surface area contributed by atoms with Crippen LogP contribution >= 0.6 is 0 Å². The molecule has 0 aromatic heterocycles. The Hall–Kier alpha value is -2.90. The molecule has 0 radical (unpaired) electrons. The van der Waals surface area contributed by atoms with Gasteiger partial charge in [-0.25, -0.2) is 0 Å². The number of hydrogen-bond acceptors (Lipinski definition) is 1. The molecular weight excluding hydrogens is 350 g/mol. The standard InChI is InChI=1S/C28H27N/c1-27(2)24-16-19(28(3,4)29)14-15-22(24)26-21-13-9-8-12-20(21)23(17-25(26)27)18-10-6-5-7-11-18/h5-17H,29H2,1-4H3. The molecule has 0 amide bonds. The van der Waals surface area contributed by atoms with E-state index in [0.29, 0.717) is 0 Å². The second-order valence-electron chi connectivity index (χ2n) is 9.37. The minimum absolute atomic E-state index is 0.0700. The summed E-state index contributed by atoms with van der Waals surface area (Å²) >= 11 is 0. The fourth-order valence-corrected chi connectivity index (χ4v) is 4.84. The Labute approximate surface area is 173 Å². The fraction of sp³-hybridized carbons (Fsp3) is 0.214. The van der Waals surface area contributed by atoms with E-state index in [4.69, 9.17) is 5.73 Å². The zero-order valence-corrected chi connectivity index (χ0v) is 17.6. The molecule has 0 heterocycles. The van der Waals surface area contributed by atoms with Gasteiger partial charge in [-0.15, -0.1) is 0 Å². The highest BCUT2D eigenvalue weighted by atomic mass is 14.7. The van der Waals surface area contributed by atoms with Crippen molar-refractivity contribution in [3.8, 4) is 22.3 Å². The predicted molar refractivity (Wildman–Crippen MR) is 124 cm³/mol. The van der Waals surface area contributed by atoms with Crippen LogP contribution in [0.4, 0.5) is 0 Å². The van der Waals surface area contributed by atoms with Crippen LogP contribution in [0.3, 0.4) is 0 Å². The van der Waals surface area contributed by atoms with E-state index in [2.05, 4.69) is 107 Å². The molecular formula is C28H27N. The molecule has 0 saturated heterocycles. The van der Waals surface area contributed by atoms with Crippen molar-refractivity contribution in [2.24, 2.45) is 5.73 Å². The molecule has 1 nitrogen and oxygen atoms in total. The van der Waals surface area contributed by atoms with Crippen LogP contribution in [-0.4, -0.2) is 0 Å². The molecule has 144 valence electrons. The van der Waals surface area contributed by atoms with Crippen LogP contribution in [0.1, 0.15) is 44.4 Å². The Balaban J connectivity index is 1.87. The monoisotopic (exact) mass is 377 g/mol. The zero-order chi connectivity index (χ0) is 20.4. The van der Waals surface area contributed by atoms with Gasteiger partial charge in [0.2, 0.25) is 0 Å². The summed E-state index contributed by atoms with van der Waals surface area (Å²) in [4.78, 5) is 0. The predicted octanol–water partition coefficient (Wildman–Crippen LogP) is 7.01. The molecule has 1 aliphatic rings. The highest BCUT2D eigenvalue weighted by Crippen LogP contribution is 2.53. The molecule has 0 unspecified atom stereocenters. The maximum atomic E-state index is 6.44. The molecule has 0 aliphatic heterocycles. The van der Waals surface area contributed by atoms with Gasteiger partial charge in [0.25, 0.3) is 0 Å². The fourth-order valence-electron chi connectivity index (χ4n) is 4.84. The molecule has 0 fully saturated rings. The molecule has 2 N–H and O–H groups in total. The second-order valence-corrected chi connectivity index (χ2v) is 9.37. The number of nitrogens with two attached hydrogens (primary N) is 1. The van der Waals surface area contributed by atoms with Gasteiger partial charge in [-0.3, -0.25) is 0 Å². The minimum atomic E-state index is -0.350. The molecule has 1 heteroatoms. The third-order valence-corrected chi connectivity index (χ3v) is 6.51. The van der Waals surface area contributed by atoms with E-state index >= 15 is 0 Å². The Bertz CT molecular complexity index is 1240. The summed E-state index contributed by atoms with van der Waals surface area (Å²) in [5, 5.41) is 2.64. The highest BCUT2D eigenvalue weighted by Gasteiger charge is 2.38. The van der Waals surface area contributed by atoms with E-state index in [0.717, 1.165) is 0 Å². The average Bonchev–Trinajstić information content (AvgIpc) is 2.94. The second kappa shape index (κ2) is 6.05. The van der Waals surface area contributed by atoms with E-state index in [9.17, 15) is 0 Å². The van der Waals surface area contributed by atoms with Gasteiger partial charge < -0.3 is 5.73 Å². The lowest BCUT2D eigenvalue weighted by Crippen LogP contribution is -2.29. The average molecular weight is 378 g/mol. The lowest BCUT2D eigenvalue weighted by molar-refractivity contribution is 0.551. The molecule has 29 heavy (non-hydrogen) atoms. The first kappa shape index (κ1) is 18.1. The maximum absolute atomic E-state index is 6.44. The normalized spacial score (nSPS) is 14.7. The van der Waals surface area contributed by atoms with E-state index in [1.54, 1.807) is 0 Å². The third-order valence-electron chi connectivity index (χ3n) is 6.51. The first-order chi connectivity index (χ1) is 13.8. The zero-order valence-electron chi connectivity index (χ0n) is 17.6.